The molecular formula is C23H20FN3O3. The smallest absolute Gasteiger partial charge is 0.273 e. The molecule has 0 heterocycles. The summed E-state index contributed by atoms with van der Waals surface area (Å²) in [5, 5.41) is 6.52. The molecule has 0 atom stereocenters. The van der Waals surface area contributed by atoms with Gasteiger partial charge in [0.2, 0.25) is 0 Å². The van der Waals surface area contributed by atoms with E-state index in [4.69, 9.17) is 4.74 Å². The molecule has 0 spiro atoms. The minimum Gasteiger partial charge on any atom is -0.494 e. The zero-order valence-corrected chi connectivity index (χ0v) is 16.3. The molecule has 0 saturated carbocycles. The Bertz CT molecular complexity index is 1070. The zero-order valence-electron chi connectivity index (χ0n) is 16.3. The minimum atomic E-state index is -0.647. The van der Waals surface area contributed by atoms with Gasteiger partial charge in [-0.15, -0.1) is 0 Å². The predicted molar refractivity (Wildman–Crippen MR) is 113 cm³/mol. The van der Waals surface area contributed by atoms with Gasteiger partial charge in [0.1, 0.15) is 11.6 Å². The van der Waals surface area contributed by atoms with Crippen LogP contribution < -0.4 is 15.5 Å². The van der Waals surface area contributed by atoms with Gasteiger partial charge < -0.3 is 10.1 Å². The fourth-order valence-electron chi connectivity index (χ4n) is 2.67. The monoisotopic (exact) mass is 405 g/mol. The fraction of sp³-hybridized carbons (Fsp3) is 0.0870. The number of para-hydroxylation sites is 1. The zero-order chi connectivity index (χ0) is 21.3. The highest BCUT2D eigenvalue weighted by Crippen LogP contribution is 2.17. The highest BCUT2D eigenvalue weighted by molar-refractivity contribution is 6.09. The number of nitrogens with one attached hydrogen (secondary N) is 2. The van der Waals surface area contributed by atoms with Gasteiger partial charge in [0.15, 0.2) is 0 Å². The van der Waals surface area contributed by atoms with Gasteiger partial charge in [0.05, 0.1) is 29.6 Å². The number of hydrogen-bond donors (Lipinski definition) is 2. The molecule has 0 aliphatic rings. The summed E-state index contributed by atoms with van der Waals surface area (Å²) < 4.78 is 19.2. The van der Waals surface area contributed by atoms with Crippen LogP contribution in [0.2, 0.25) is 0 Å². The Morgan fingerprint density at radius 2 is 1.60 bits per heavy atom. The first-order chi connectivity index (χ1) is 14.6. The van der Waals surface area contributed by atoms with Crippen LogP contribution in [0.3, 0.4) is 0 Å². The van der Waals surface area contributed by atoms with E-state index in [1.54, 1.807) is 42.5 Å². The van der Waals surface area contributed by atoms with Crippen molar-refractivity contribution in [3.8, 4) is 5.75 Å². The van der Waals surface area contributed by atoms with E-state index in [0.717, 1.165) is 11.3 Å². The van der Waals surface area contributed by atoms with Crippen molar-refractivity contribution in [1.29, 1.82) is 0 Å². The van der Waals surface area contributed by atoms with Crippen molar-refractivity contribution in [3.05, 3.63) is 95.3 Å². The molecule has 0 radical (unpaired) electrons. The van der Waals surface area contributed by atoms with Gasteiger partial charge in [-0.3, -0.25) is 9.59 Å². The molecule has 2 amide bonds. The van der Waals surface area contributed by atoms with Crippen LogP contribution in [0.5, 0.6) is 5.75 Å². The van der Waals surface area contributed by atoms with Gasteiger partial charge in [-0.2, -0.15) is 5.10 Å². The molecule has 0 saturated heterocycles. The van der Waals surface area contributed by atoms with Crippen LogP contribution in [0.25, 0.3) is 0 Å². The van der Waals surface area contributed by atoms with E-state index in [1.165, 1.54) is 24.4 Å². The number of hydrogen-bond acceptors (Lipinski definition) is 4. The Labute approximate surface area is 173 Å². The Morgan fingerprint density at radius 3 is 2.30 bits per heavy atom. The Balaban J connectivity index is 1.68. The van der Waals surface area contributed by atoms with Crippen molar-refractivity contribution in [2.45, 2.75) is 6.92 Å². The highest BCUT2D eigenvalue weighted by Gasteiger charge is 2.15. The van der Waals surface area contributed by atoms with Gasteiger partial charge in [0, 0.05) is 0 Å². The van der Waals surface area contributed by atoms with Crippen LogP contribution in [0.4, 0.5) is 10.1 Å². The molecular weight excluding hydrogens is 385 g/mol. The first-order valence-corrected chi connectivity index (χ1v) is 9.29. The Morgan fingerprint density at radius 1 is 0.933 bits per heavy atom. The summed E-state index contributed by atoms with van der Waals surface area (Å²) in [4.78, 5) is 24.9. The van der Waals surface area contributed by atoms with Crippen molar-refractivity contribution >= 4 is 23.7 Å². The quantitative estimate of drug-likeness (QED) is 0.456. The van der Waals surface area contributed by atoms with Gasteiger partial charge in [0.25, 0.3) is 11.8 Å². The van der Waals surface area contributed by atoms with Crippen LogP contribution >= 0.6 is 0 Å². The maximum absolute atomic E-state index is 13.8. The van der Waals surface area contributed by atoms with Gasteiger partial charge in [-0.05, 0) is 61.0 Å². The minimum absolute atomic E-state index is 0.110. The number of nitrogens with zero attached hydrogens (tertiary/aromatic N) is 1. The molecule has 0 fully saturated rings. The second kappa shape index (κ2) is 9.97. The topological polar surface area (TPSA) is 79.8 Å². The standard InChI is InChI=1S/C23H20FN3O3/c1-2-30-17-13-11-16(12-14-17)15-25-27-23(29)19-8-4-6-10-21(19)26-22(28)18-7-3-5-9-20(18)24/h3-15H,2H2,1H3,(H,26,28)(H,27,29)/b25-15+. The number of halogens is 1. The number of rotatable bonds is 7. The molecule has 3 aromatic carbocycles. The summed E-state index contributed by atoms with van der Waals surface area (Å²) in [6.07, 6.45) is 1.49. The van der Waals surface area contributed by atoms with Gasteiger partial charge in [-0.25, -0.2) is 9.82 Å². The maximum atomic E-state index is 13.8. The number of carbonyl (C=O) groups is 2. The van der Waals surface area contributed by atoms with E-state index < -0.39 is 17.6 Å². The number of ether oxygens (including phenoxy) is 1. The molecule has 3 rings (SSSR count). The van der Waals surface area contributed by atoms with Crippen molar-refractivity contribution < 1.29 is 18.7 Å². The first kappa shape index (κ1) is 20.7. The van der Waals surface area contributed by atoms with Gasteiger partial charge in [-0.1, -0.05) is 24.3 Å². The molecule has 2 N–H and O–H groups in total. The number of carbonyl (C=O) groups excluding carboxylic acids is 2. The van der Waals surface area contributed by atoms with Gasteiger partial charge >= 0.3 is 0 Å². The summed E-state index contributed by atoms with van der Waals surface area (Å²) in [6.45, 7) is 2.48. The molecule has 6 nitrogen and oxygen atoms in total. The largest absolute Gasteiger partial charge is 0.494 e. The van der Waals surface area contributed by atoms with Crippen LogP contribution in [0.1, 0.15) is 33.2 Å². The molecule has 3 aromatic rings. The molecule has 0 aliphatic heterocycles. The molecule has 0 aliphatic carbocycles. The van der Waals surface area contributed by atoms with Crippen LogP contribution in [-0.4, -0.2) is 24.6 Å². The number of amides is 2. The molecule has 152 valence electrons. The van der Waals surface area contributed by atoms with Crippen molar-refractivity contribution in [2.24, 2.45) is 5.10 Å². The lowest BCUT2D eigenvalue weighted by Crippen LogP contribution is -2.21. The van der Waals surface area contributed by atoms with E-state index in [-0.39, 0.29) is 16.8 Å². The maximum Gasteiger partial charge on any atom is 0.273 e. The summed E-state index contributed by atoms with van der Waals surface area (Å²) in [6, 6.07) is 19.3. The molecule has 30 heavy (non-hydrogen) atoms. The third-order valence-corrected chi connectivity index (χ3v) is 4.11. The van der Waals surface area contributed by atoms with Crippen molar-refractivity contribution in [3.63, 3.8) is 0 Å². The Kier molecular flexibility index (Phi) is 6.89. The second-order valence-corrected chi connectivity index (χ2v) is 6.18. The summed E-state index contributed by atoms with van der Waals surface area (Å²) >= 11 is 0. The SMILES string of the molecule is CCOc1ccc(/C=N/NC(=O)c2ccccc2NC(=O)c2ccccc2F)cc1. The third kappa shape index (κ3) is 5.29. The second-order valence-electron chi connectivity index (χ2n) is 6.18. The summed E-state index contributed by atoms with van der Waals surface area (Å²) in [5.74, 6) is -1.05. The first-order valence-electron chi connectivity index (χ1n) is 9.29. The van der Waals surface area contributed by atoms with E-state index in [9.17, 15) is 14.0 Å². The van der Waals surface area contributed by atoms with E-state index in [2.05, 4.69) is 15.8 Å². The summed E-state index contributed by atoms with van der Waals surface area (Å²) in [7, 11) is 0. The highest BCUT2D eigenvalue weighted by atomic mass is 19.1. The van der Waals surface area contributed by atoms with Crippen LogP contribution in [0, 0.1) is 5.82 Å². The fourth-order valence-corrected chi connectivity index (χ4v) is 2.67. The average Bonchev–Trinajstić information content (AvgIpc) is 2.76. The number of anilines is 1. The number of hydrazone groups is 1. The van der Waals surface area contributed by atoms with E-state index >= 15 is 0 Å². The van der Waals surface area contributed by atoms with Crippen LogP contribution in [-0.2, 0) is 0 Å². The lowest BCUT2D eigenvalue weighted by Gasteiger charge is -2.10. The molecule has 0 bridgehead atoms. The van der Waals surface area contributed by atoms with Crippen molar-refractivity contribution in [2.75, 3.05) is 11.9 Å². The average molecular weight is 405 g/mol. The summed E-state index contributed by atoms with van der Waals surface area (Å²) in [5.41, 5.74) is 3.54. The van der Waals surface area contributed by atoms with Crippen LogP contribution in [0.15, 0.2) is 77.9 Å². The number of benzene rings is 3. The lowest BCUT2D eigenvalue weighted by atomic mass is 10.1. The van der Waals surface area contributed by atoms with Crippen molar-refractivity contribution in [1.82, 2.24) is 5.43 Å². The normalized spacial score (nSPS) is 10.6. The molecule has 7 heteroatoms. The molecule has 0 unspecified atom stereocenters. The molecule has 0 aromatic heterocycles. The van der Waals surface area contributed by atoms with E-state index in [1.807, 2.05) is 19.1 Å². The lowest BCUT2D eigenvalue weighted by molar-refractivity contribution is 0.0956. The third-order valence-electron chi connectivity index (χ3n) is 4.11. The predicted octanol–water partition coefficient (Wildman–Crippen LogP) is 4.24. The van der Waals surface area contributed by atoms with E-state index in [0.29, 0.717) is 6.61 Å². The Hall–Kier alpha value is -4.00.